The van der Waals surface area contributed by atoms with Crippen LogP contribution < -0.4 is 23.0 Å². The first-order chi connectivity index (χ1) is 8.63. The fraction of sp³-hybridized carbons (Fsp3) is 0.250. The van der Waals surface area contributed by atoms with Gasteiger partial charge in [0.1, 0.15) is 0 Å². The molecule has 2 aromatic carbocycles. The Kier molecular flexibility index (Phi) is 6.00. The van der Waals surface area contributed by atoms with Crippen LogP contribution in [0.5, 0.6) is 0 Å². The van der Waals surface area contributed by atoms with Gasteiger partial charge in [0, 0.05) is 0 Å². The summed E-state index contributed by atoms with van der Waals surface area (Å²) in [5.74, 6) is 0. The number of hydrogen-bond donors (Lipinski definition) is 1. The van der Waals surface area contributed by atoms with Crippen molar-refractivity contribution in [2.75, 3.05) is 12.8 Å². The molecule has 3 heteroatoms. The molecule has 1 nitrogen and oxygen atoms in total. The first-order valence-electron chi connectivity index (χ1n) is 6.28. The van der Waals surface area contributed by atoms with Crippen molar-refractivity contribution in [3.63, 3.8) is 0 Å². The van der Waals surface area contributed by atoms with Gasteiger partial charge < -0.3 is 17.5 Å². The van der Waals surface area contributed by atoms with Crippen LogP contribution in [-0.4, -0.2) is 24.0 Å². The van der Waals surface area contributed by atoms with Crippen LogP contribution in [0.4, 0.5) is 0 Å². The smallest absolute Gasteiger partial charge is 0.0989 e. The first-order valence-corrected chi connectivity index (χ1v) is 8.70. The van der Waals surface area contributed by atoms with E-state index in [2.05, 4.69) is 55.2 Å². The molecule has 0 saturated carbocycles. The molecule has 0 radical (unpaired) electrons. The zero-order valence-electron chi connectivity index (χ0n) is 11.3. The maximum Gasteiger partial charge on any atom is 0.0989 e. The van der Waals surface area contributed by atoms with Crippen LogP contribution in [0.1, 0.15) is 6.92 Å². The largest absolute Gasteiger partial charge is 1.00 e. The highest BCUT2D eigenvalue weighted by Crippen LogP contribution is 2.52. The van der Waals surface area contributed by atoms with Gasteiger partial charge >= 0.3 is 0 Å². The van der Waals surface area contributed by atoms with Gasteiger partial charge in [0.15, 0.2) is 0 Å². The summed E-state index contributed by atoms with van der Waals surface area (Å²) >= 11 is 0. The molecular formula is C16H20ClOP. The van der Waals surface area contributed by atoms with Crippen LogP contribution in [0.15, 0.2) is 60.7 Å². The number of halogens is 1. The van der Waals surface area contributed by atoms with E-state index in [1.807, 2.05) is 19.1 Å². The topological polar surface area (TPSA) is 20.2 Å². The molecule has 0 fully saturated rings. The fourth-order valence-electron chi connectivity index (χ4n) is 2.40. The van der Waals surface area contributed by atoms with E-state index >= 15 is 0 Å². The number of hydrogen-bond acceptors (Lipinski definition) is 1. The van der Waals surface area contributed by atoms with Crippen molar-refractivity contribution in [2.24, 2.45) is 0 Å². The van der Waals surface area contributed by atoms with Gasteiger partial charge in [-0.1, -0.05) is 36.4 Å². The summed E-state index contributed by atoms with van der Waals surface area (Å²) < 4.78 is 0. The molecule has 2 aromatic rings. The summed E-state index contributed by atoms with van der Waals surface area (Å²) in [6, 6.07) is 21.1. The number of aliphatic hydroxyl groups excluding tert-OH is 1. The molecule has 1 N–H and O–H groups in total. The van der Waals surface area contributed by atoms with Crippen LogP contribution in [-0.2, 0) is 0 Å². The van der Waals surface area contributed by atoms with Gasteiger partial charge in [0.25, 0.3) is 0 Å². The van der Waals surface area contributed by atoms with Gasteiger partial charge in [-0.05, 0) is 31.2 Å². The highest BCUT2D eigenvalue weighted by atomic mass is 35.5. The zero-order valence-corrected chi connectivity index (χ0v) is 13.0. The zero-order chi connectivity index (χ0) is 13.0. The second kappa shape index (κ2) is 7.05. The predicted molar refractivity (Wildman–Crippen MR) is 81.5 cm³/mol. The maximum atomic E-state index is 9.84. The molecule has 0 spiro atoms. The Labute approximate surface area is 122 Å². The van der Waals surface area contributed by atoms with Gasteiger partial charge in [-0.2, -0.15) is 0 Å². The third-order valence-corrected chi connectivity index (χ3v) is 7.42. The van der Waals surface area contributed by atoms with Crippen molar-refractivity contribution in [3.8, 4) is 0 Å². The van der Waals surface area contributed by atoms with Gasteiger partial charge in [-0.15, -0.1) is 0 Å². The Morgan fingerprint density at radius 3 is 1.58 bits per heavy atom. The minimum absolute atomic E-state index is 0. The van der Waals surface area contributed by atoms with E-state index in [1.165, 1.54) is 10.6 Å². The second-order valence-corrected chi connectivity index (χ2v) is 8.68. The summed E-state index contributed by atoms with van der Waals surface area (Å²) in [4.78, 5) is 0. The van der Waals surface area contributed by atoms with Crippen molar-refractivity contribution in [1.29, 1.82) is 0 Å². The van der Waals surface area contributed by atoms with Crippen LogP contribution in [0, 0.1) is 0 Å². The van der Waals surface area contributed by atoms with E-state index in [0.717, 1.165) is 6.16 Å². The lowest BCUT2D eigenvalue weighted by atomic mass is 10.4. The monoisotopic (exact) mass is 294 g/mol. The van der Waals surface area contributed by atoms with Crippen LogP contribution in [0.25, 0.3) is 0 Å². The summed E-state index contributed by atoms with van der Waals surface area (Å²) in [6.45, 7) is 4.19. The second-order valence-electron chi connectivity index (χ2n) is 4.89. The highest BCUT2D eigenvalue weighted by molar-refractivity contribution is 7.88. The third-order valence-electron chi connectivity index (χ3n) is 3.28. The minimum atomic E-state index is -1.48. The summed E-state index contributed by atoms with van der Waals surface area (Å²) in [5, 5.41) is 12.6. The van der Waals surface area contributed by atoms with E-state index in [0.29, 0.717) is 0 Å². The first kappa shape index (κ1) is 16.2. The normalized spacial score (nSPS) is 12.6. The molecule has 0 aromatic heterocycles. The van der Waals surface area contributed by atoms with E-state index < -0.39 is 7.26 Å². The van der Waals surface area contributed by atoms with Crippen LogP contribution in [0.3, 0.4) is 0 Å². The van der Waals surface area contributed by atoms with Gasteiger partial charge in [0.2, 0.25) is 0 Å². The molecule has 0 aliphatic carbocycles. The summed E-state index contributed by atoms with van der Waals surface area (Å²) in [7, 11) is -1.48. The van der Waals surface area contributed by atoms with Crippen LogP contribution in [0.2, 0.25) is 0 Å². The molecule has 1 atom stereocenters. The van der Waals surface area contributed by atoms with Crippen LogP contribution >= 0.6 is 7.26 Å². The highest BCUT2D eigenvalue weighted by Gasteiger charge is 2.38. The molecule has 19 heavy (non-hydrogen) atoms. The van der Waals surface area contributed by atoms with Gasteiger partial charge in [-0.3, -0.25) is 0 Å². The Morgan fingerprint density at radius 2 is 1.26 bits per heavy atom. The SMILES string of the molecule is CC(O)C[P+](C)(c1ccccc1)c1ccccc1.[Cl-]. The van der Waals surface area contributed by atoms with E-state index in [9.17, 15) is 5.11 Å². The lowest BCUT2D eigenvalue weighted by Gasteiger charge is -2.24. The van der Waals surface area contributed by atoms with Crippen molar-refractivity contribution >= 4 is 17.9 Å². The average Bonchev–Trinajstić information content (AvgIpc) is 2.40. The Morgan fingerprint density at radius 1 is 0.895 bits per heavy atom. The molecule has 1 unspecified atom stereocenters. The lowest BCUT2D eigenvalue weighted by molar-refractivity contribution is -0.00000598. The molecular weight excluding hydrogens is 275 g/mol. The lowest BCUT2D eigenvalue weighted by Crippen LogP contribution is -3.00. The molecule has 0 amide bonds. The van der Waals surface area contributed by atoms with Gasteiger partial charge in [-0.25, -0.2) is 0 Å². The average molecular weight is 295 g/mol. The summed E-state index contributed by atoms with van der Waals surface area (Å²) in [6.07, 6.45) is 0.560. The van der Waals surface area contributed by atoms with Crippen molar-refractivity contribution in [2.45, 2.75) is 13.0 Å². The summed E-state index contributed by atoms with van der Waals surface area (Å²) in [5.41, 5.74) is 0. The van der Waals surface area contributed by atoms with E-state index in [1.54, 1.807) is 0 Å². The van der Waals surface area contributed by atoms with E-state index in [4.69, 9.17) is 0 Å². The molecule has 0 aliphatic heterocycles. The molecule has 2 rings (SSSR count). The van der Waals surface area contributed by atoms with E-state index in [-0.39, 0.29) is 18.5 Å². The molecule has 0 saturated heterocycles. The van der Waals surface area contributed by atoms with Crippen molar-refractivity contribution in [1.82, 2.24) is 0 Å². The number of aliphatic hydroxyl groups is 1. The predicted octanol–water partition coefficient (Wildman–Crippen LogP) is -0.330. The Hall–Kier alpha value is -0.880. The van der Waals surface area contributed by atoms with Gasteiger partial charge in [0.05, 0.1) is 36.8 Å². The standard InChI is InChI=1S/C16H20OP.ClH/c1-14(17)13-18(2,15-9-5-3-6-10-15)16-11-7-4-8-12-16;/h3-12,14,17H,13H2,1-2H3;1H/q+1;/p-1. The third kappa shape index (κ3) is 3.79. The fourth-order valence-corrected chi connectivity index (χ4v) is 5.84. The minimum Gasteiger partial charge on any atom is -1.00 e. The number of benzene rings is 2. The molecule has 0 bridgehead atoms. The molecule has 0 heterocycles. The van der Waals surface area contributed by atoms with Crippen molar-refractivity contribution < 1.29 is 17.5 Å². The molecule has 102 valence electrons. The molecule has 0 aliphatic rings. The Balaban J connectivity index is 0.00000180. The maximum absolute atomic E-state index is 9.84. The van der Waals surface area contributed by atoms with Crippen molar-refractivity contribution in [3.05, 3.63) is 60.7 Å². The quantitative estimate of drug-likeness (QED) is 0.766. The Bertz CT molecular complexity index is 445. The number of rotatable bonds is 4.